The Morgan fingerprint density at radius 2 is 0.146 bits per heavy atom. The molecule has 48 heavy (non-hydrogen) atoms. The summed E-state index contributed by atoms with van der Waals surface area (Å²) in [5.41, 5.74) is -6.00. The van der Waals surface area contributed by atoms with Crippen molar-refractivity contribution in [3.63, 3.8) is 0 Å². The minimum absolute atomic E-state index is 0. The van der Waals surface area contributed by atoms with Crippen LogP contribution < -0.4 is 192 Å². The summed E-state index contributed by atoms with van der Waals surface area (Å²) >= 11 is 0. The maximum absolute atomic E-state index is 10.1. The molecule has 0 amide bonds. The third-order valence-corrected chi connectivity index (χ3v) is 0. The van der Waals surface area contributed by atoms with Crippen molar-refractivity contribution in [3.8, 4) is 0 Å². The van der Waals surface area contributed by atoms with Crippen LogP contribution in [-0.2, 0) is 0 Å². The predicted molar refractivity (Wildman–Crippen MR) is 158 cm³/mol. The molecule has 0 aromatic rings. The first-order valence-corrected chi connectivity index (χ1v) is 13.6. The molecular weight excluding hydrogens is 568 g/mol. The van der Waals surface area contributed by atoms with Crippen molar-refractivity contribution >= 4 is 0 Å². The van der Waals surface area contributed by atoms with Gasteiger partial charge in [-0.3, -0.25) is 0 Å². The first kappa shape index (κ1) is 105. The zero-order valence-corrected chi connectivity index (χ0v) is 39.3. The Labute approximate surface area is 398 Å². The standard InChI is InChI=1S/8C4H9O.8Li/c8*1-4(2,3)5;;;;;;;;/h8*1-3H3;;;;;;;;/q8*-1;8*+1. The molecule has 0 unspecified atom stereocenters. The van der Waals surface area contributed by atoms with Crippen LogP contribution in [0.3, 0.4) is 0 Å². The fourth-order valence-electron chi connectivity index (χ4n) is 0. The van der Waals surface area contributed by atoms with E-state index in [2.05, 4.69) is 0 Å². The largest absolute Gasteiger partial charge is 1.00 e. The van der Waals surface area contributed by atoms with Crippen LogP contribution in [0, 0.1) is 0 Å². The summed E-state index contributed by atoms with van der Waals surface area (Å²) in [6.07, 6.45) is 0. The van der Waals surface area contributed by atoms with Crippen molar-refractivity contribution in [3.05, 3.63) is 0 Å². The summed E-state index contributed by atoms with van der Waals surface area (Å²) in [6, 6.07) is 0. The van der Waals surface area contributed by atoms with E-state index < -0.39 is 44.8 Å². The molecule has 0 spiro atoms. The van der Waals surface area contributed by atoms with E-state index in [0.717, 1.165) is 0 Å². The molecule has 0 saturated carbocycles. The Hall–Kier alpha value is 4.46. The monoisotopic (exact) mass is 641 g/mol. The summed E-state index contributed by atoms with van der Waals surface area (Å²) in [7, 11) is 0. The quantitative estimate of drug-likeness (QED) is 0.234. The predicted octanol–water partition coefficient (Wildman–Crippen LogP) is -22.8. The molecule has 0 bridgehead atoms. The molecule has 256 valence electrons. The molecule has 0 radical (unpaired) electrons. The van der Waals surface area contributed by atoms with Crippen molar-refractivity contribution in [1.82, 2.24) is 0 Å². The summed E-state index contributed by atoms with van der Waals surface area (Å²) in [4.78, 5) is 0. The van der Waals surface area contributed by atoms with Crippen LogP contribution in [0.25, 0.3) is 0 Å². The van der Waals surface area contributed by atoms with E-state index in [9.17, 15) is 40.9 Å². The molecule has 0 aliphatic rings. The van der Waals surface area contributed by atoms with Crippen LogP contribution in [0.4, 0.5) is 0 Å². The zero-order chi connectivity index (χ0) is 36.0. The topological polar surface area (TPSA) is 184 Å². The SMILES string of the molecule is CC(C)(C)[O-].CC(C)(C)[O-].CC(C)(C)[O-].CC(C)(C)[O-].CC(C)(C)[O-].CC(C)(C)[O-].CC(C)(C)[O-].CC(C)(C)[O-].[Li+].[Li+].[Li+].[Li+].[Li+].[Li+].[Li+].[Li+]. The van der Waals surface area contributed by atoms with Crippen molar-refractivity contribution in [1.29, 1.82) is 0 Å². The van der Waals surface area contributed by atoms with E-state index in [1.54, 1.807) is 166 Å². The van der Waals surface area contributed by atoms with Gasteiger partial charge in [0.1, 0.15) is 0 Å². The van der Waals surface area contributed by atoms with Gasteiger partial charge in [0.05, 0.1) is 0 Å². The normalized spacial score (nSPS) is 10.0. The van der Waals surface area contributed by atoms with E-state index in [-0.39, 0.29) is 151 Å². The van der Waals surface area contributed by atoms with Gasteiger partial charge in [-0.1, -0.05) is 166 Å². The van der Waals surface area contributed by atoms with Crippen LogP contribution in [0.2, 0.25) is 0 Å². The first-order valence-electron chi connectivity index (χ1n) is 13.6. The maximum Gasteiger partial charge on any atom is 1.00 e. The van der Waals surface area contributed by atoms with Gasteiger partial charge in [0.15, 0.2) is 0 Å². The molecule has 0 aliphatic carbocycles. The molecule has 16 heteroatoms. The van der Waals surface area contributed by atoms with Gasteiger partial charge in [0, 0.05) is 0 Å². The number of hydrogen-bond acceptors (Lipinski definition) is 8. The Morgan fingerprint density at radius 1 is 0.146 bits per heavy atom. The third kappa shape index (κ3) is 6210. The van der Waals surface area contributed by atoms with Gasteiger partial charge in [0.2, 0.25) is 0 Å². The second kappa shape index (κ2) is 47.6. The molecule has 0 heterocycles. The number of rotatable bonds is 0. The zero-order valence-electron chi connectivity index (χ0n) is 39.3. The maximum atomic E-state index is 10.1. The minimum Gasteiger partial charge on any atom is -0.850 e. The first-order chi connectivity index (χ1) is 16.0. The Kier molecular flexibility index (Phi) is 104. The molecule has 0 aromatic heterocycles. The van der Waals surface area contributed by atoms with Crippen LogP contribution in [-0.4, -0.2) is 44.8 Å². The van der Waals surface area contributed by atoms with Crippen LogP contribution in [0.15, 0.2) is 0 Å². The Bertz CT molecular complexity index is 328. The summed E-state index contributed by atoms with van der Waals surface area (Å²) in [5.74, 6) is 0. The summed E-state index contributed by atoms with van der Waals surface area (Å²) in [6.45, 7) is 39.2. The third-order valence-electron chi connectivity index (χ3n) is 0. The summed E-state index contributed by atoms with van der Waals surface area (Å²) in [5, 5.41) is 80.8. The van der Waals surface area contributed by atoms with Gasteiger partial charge in [0.25, 0.3) is 0 Å². The van der Waals surface area contributed by atoms with E-state index in [1.165, 1.54) is 0 Å². The van der Waals surface area contributed by atoms with E-state index in [1.807, 2.05) is 0 Å². The molecule has 0 saturated heterocycles. The van der Waals surface area contributed by atoms with Crippen LogP contribution in [0.1, 0.15) is 166 Å². The van der Waals surface area contributed by atoms with E-state index in [4.69, 9.17) is 0 Å². The van der Waals surface area contributed by atoms with Crippen molar-refractivity contribution < 1.29 is 192 Å². The van der Waals surface area contributed by atoms with Crippen molar-refractivity contribution in [2.24, 2.45) is 0 Å². The van der Waals surface area contributed by atoms with Gasteiger partial charge in [-0.15, -0.1) is 44.8 Å². The molecule has 0 rings (SSSR count). The minimum atomic E-state index is -0.750. The average molecular weight is 640 g/mol. The Balaban J connectivity index is -0.0000000170. The molecule has 0 fully saturated rings. The number of hydrogen-bond donors (Lipinski definition) is 0. The van der Waals surface area contributed by atoms with E-state index >= 15 is 0 Å². The Morgan fingerprint density at radius 3 is 0.146 bits per heavy atom. The van der Waals surface area contributed by atoms with Crippen molar-refractivity contribution in [2.45, 2.75) is 211 Å². The fourth-order valence-corrected chi connectivity index (χ4v) is 0. The molecular formula is C32H72Li8O8. The van der Waals surface area contributed by atoms with E-state index in [0.29, 0.717) is 0 Å². The van der Waals surface area contributed by atoms with Crippen molar-refractivity contribution in [2.75, 3.05) is 0 Å². The van der Waals surface area contributed by atoms with Crippen LogP contribution in [0.5, 0.6) is 0 Å². The average Bonchev–Trinajstić information content (AvgIpc) is 2.16. The van der Waals surface area contributed by atoms with Crippen LogP contribution >= 0.6 is 0 Å². The second-order valence-electron chi connectivity index (χ2n) is 16.9. The summed E-state index contributed by atoms with van der Waals surface area (Å²) < 4.78 is 0. The van der Waals surface area contributed by atoms with Gasteiger partial charge in [-0.25, -0.2) is 0 Å². The van der Waals surface area contributed by atoms with Gasteiger partial charge in [-0.2, -0.15) is 0 Å². The smallest absolute Gasteiger partial charge is 0.850 e. The van der Waals surface area contributed by atoms with Gasteiger partial charge >= 0.3 is 151 Å². The molecule has 0 atom stereocenters. The molecule has 0 aliphatic heterocycles. The fraction of sp³-hybridized carbons (Fsp3) is 1.00. The van der Waals surface area contributed by atoms with Gasteiger partial charge in [-0.05, 0) is 0 Å². The van der Waals surface area contributed by atoms with Gasteiger partial charge < -0.3 is 40.9 Å². The molecule has 0 N–H and O–H groups in total. The molecule has 8 nitrogen and oxygen atoms in total. The molecule has 0 aromatic carbocycles. The second-order valence-corrected chi connectivity index (χ2v) is 16.9.